The number of halogens is 4. The average Bonchev–Trinajstić information content (AvgIpc) is 2.89. The van der Waals surface area contributed by atoms with Gasteiger partial charge in [-0.3, -0.25) is 0 Å². The molecule has 1 aliphatic carbocycles. The molecule has 0 aromatic heterocycles. The van der Waals surface area contributed by atoms with Crippen LogP contribution in [0.5, 0.6) is 5.75 Å². The van der Waals surface area contributed by atoms with E-state index in [0.717, 1.165) is 31.2 Å². The van der Waals surface area contributed by atoms with Gasteiger partial charge in [-0.2, -0.15) is 4.39 Å². The zero-order valence-electron chi connectivity index (χ0n) is 21.1. The van der Waals surface area contributed by atoms with Crippen LogP contribution in [-0.4, -0.2) is 6.61 Å². The molecule has 0 amide bonds. The van der Waals surface area contributed by atoms with E-state index in [9.17, 15) is 8.78 Å². The lowest BCUT2D eigenvalue weighted by Crippen LogP contribution is -2.14. The van der Waals surface area contributed by atoms with Crippen LogP contribution in [0.25, 0.3) is 11.1 Å². The van der Waals surface area contributed by atoms with Gasteiger partial charge in [-0.15, -0.1) is 0 Å². The van der Waals surface area contributed by atoms with Gasteiger partial charge in [0.15, 0.2) is 23.2 Å². The molecular formula is C31H34F4O. The summed E-state index contributed by atoms with van der Waals surface area (Å²) in [6.07, 6.45) is 7.16. The van der Waals surface area contributed by atoms with Crippen molar-refractivity contribution >= 4 is 0 Å². The van der Waals surface area contributed by atoms with Crippen LogP contribution in [0.2, 0.25) is 0 Å². The molecule has 192 valence electrons. The van der Waals surface area contributed by atoms with Gasteiger partial charge in [0, 0.05) is 5.56 Å². The SMILES string of the molecule is CCCC1CCC(c2ccc(-c3ccc(CCc4ccc(OCC)c(F)c4F)cc3)c(F)c2F)CC1. The molecule has 0 saturated heterocycles. The van der Waals surface area contributed by atoms with Crippen LogP contribution in [0.4, 0.5) is 17.6 Å². The van der Waals surface area contributed by atoms with Crippen molar-refractivity contribution in [2.24, 2.45) is 5.92 Å². The first kappa shape index (κ1) is 26.2. The minimum Gasteiger partial charge on any atom is -0.491 e. The first-order chi connectivity index (χ1) is 17.4. The summed E-state index contributed by atoms with van der Waals surface area (Å²) in [5.41, 5.74) is 2.49. The number of hydrogen-bond acceptors (Lipinski definition) is 1. The summed E-state index contributed by atoms with van der Waals surface area (Å²) in [7, 11) is 0. The monoisotopic (exact) mass is 498 g/mol. The van der Waals surface area contributed by atoms with Gasteiger partial charge in [0.2, 0.25) is 5.82 Å². The van der Waals surface area contributed by atoms with E-state index in [0.29, 0.717) is 29.9 Å². The Hall–Kier alpha value is -2.82. The van der Waals surface area contributed by atoms with E-state index in [1.165, 1.54) is 25.0 Å². The Kier molecular flexibility index (Phi) is 8.71. The molecule has 5 heteroatoms. The van der Waals surface area contributed by atoms with E-state index in [4.69, 9.17) is 4.74 Å². The molecule has 0 spiro atoms. The second-order valence-corrected chi connectivity index (χ2v) is 9.82. The van der Waals surface area contributed by atoms with Crippen LogP contribution in [-0.2, 0) is 12.8 Å². The number of hydrogen-bond donors (Lipinski definition) is 0. The van der Waals surface area contributed by atoms with E-state index in [2.05, 4.69) is 6.92 Å². The van der Waals surface area contributed by atoms with Crippen molar-refractivity contribution in [2.45, 2.75) is 71.1 Å². The van der Waals surface area contributed by atoms with Crippen LogP contribution in [0.1, 0.15) is 75.0 Å². The number of aryl methyl sites for hydroxylation is 2. The van der Waals surface area contributed by atoms with Gasteiger partial charge in [0.1, 0.15) is 0 Å². The van der Waals surface area contributed by atoms with Crippen molar-refractivity contribution in [3.05, 3.63) is 88.5 Å². The van der Waals surface area contributed by atoms with Gasteiger partial charge in [-0.05, 0) is 85.6 Å². The lowest BCUT2D eigenvalue weighted by molar-refractivity contribution is 0.303. The molecule has 0 N–H and O–H groups in total. The molecule has 0 unspecified atom stereocenters. The van der Waals surface area contributed by atoms with Crippen molar-refractivity contribution in [3.63, 3.8) is 0 Å². The van der Waals surface area contributed by atoms with Crippen LogP contribution >= 0.6 is 0 Å². The molecule has 4 rings (SSSR count). The van der Waals surface area contributed by atoms with E-state index in [1.807, 2.05) is 12.1 Å². The van der Waals surface area contributed by atoms with Gasteiger partial charge in [-0.1, -0.05) is 62.2 Å². The summed E-state index contributed by atoms with van der Waals surface area (Å²) < 4.78 is 63.7. The van der Waals surface area contributed by atoms with Crippen LogP contribution in [0, 0.1) is 29.2 Å². The summed E-state index contributed by atoms with van der Waals surface area (Å²) in [6.45, 7) is 4.16. The molecule has 1 saturated carbocycles. The molecule has 0 radical (unpaired) electrons. The minimum absolute atomic E-state index is 0.0804. The van der Waals surface area contributed by atoms with Crippen molar-refractivity contribution in [3.8, 4) is 16.9 Å². The molecule has 0 heterocycles. The van der Waals surface area contributed by atoms with Gasteiger partial charge in [0.25, 0.3) is 0 Å². The third-order valence-corrected chi connectivity index (χ3v) is 7.47. The largest absolute Gasteiger partial charge is 0.491 e. The van der Waals surface area contributed by atoms with E-state index >= 15 is 8.78 Å². The number of ether oxygens (including phenoxy) is 1. The van der Waals surface area contributed by atoms with Crippen LogP contribution in [0.3, 0.4) is 0 Å². The third-order valence-electron chi connectivity index (χ3n) is 7.47. The Balaban J connectivity index is 1.43. The van der Waals surface area contributed by atoms with Crippen molar-refractivity contribution in [1.29, 1.82) is 0 Å². The van der Waals surface area contributed by atoms with E-state index < -0.39 is 23.3 Å². The van der Waals surface area contributed by atoms with E-state index in [1.54, 1.807) is 31.2 Å². The quantitative estimate of drug-likeness (QED) is 0.267. The Morgan fingerprint density at radius 2 is 1.44 bits per heavy atom. The topological polar surface area (TPSA) is 9.23 Å². The number of benzene rings is 3. The zero-order chi connectivity index (χ0) is 25.7. The highest BCUT2D eigenvalue weighted by molar-refractivity contribution is 5.65. The van der Waals surface area contributed by atoms with Crippen LogP contribution in [0.15, 0.2) is 48.5 Å². The first-order valence-corrected chi connectivity index (χ1v) is 13.1. The Bertz CT molecular complexity index is 1160. The fraction of sp³-hybridized carbons (Fsp3) is 0.419. The summed E-state index contributed by atoms with van der Waals surface area (Å²) in [4.78, 5) is 0. The Labute approximate surface area is 211 Å². The molecule has 1 aliphatic rings. The second-order valence-electron chi connectivity index (χ2n) is 9.82. The smallest absolute Gasteiger partial charge is 0.200 e. The van der Waals surface area contributed by atoms with Gasteiger partial charge in [-0.25, -0.2) is 13.2 Å². The molecule has 0 aliphatic heterocycles. The molecule has 3 aromatic carbocycles. The standard InChI is InChI=1S/C31H34F4O/c1-3-5-20-6-11-22(12-7-20)25-17-18-26(30(34)29(25)33)23-13-8-21(9-14-23)10-15-24-16-19-27(36-4-2)31(35)28(24)32/h8-9,13-14,16-20,22H,3-7,10-12,15H2,1-2H3. The van der Waals surface area contributed by atoms with E-state index in [-0.39, 0.29) is 29.4 Å². The maximum atomic E-state index is 15.1. The summed E-state index contributed by atoms with van der Waals surface area (Å²) in [5.74, 6) is -2.70. The highest BCUT2D eigenvalue weighted by Crippen LogP contribution is 2.40. The highest BCUT2D eigenvalue weighted by atomic mass is 19.2. The molecule has 0 atom stereocenters. The molecule has 3 aromatic rings. The molecule has 1 nitrogen and oxygen atoms in total. The Morgan fingerprint density at radius 3 is 2.11 bits per heavy atom. The average molecular weight is 499 g/mol. The summed E-state index contributed by atoms with van der Waals surface area (Å²) in [5, 5.41) is 0. The van der Waals surface area contributed by atoms with Crippen molar-refractivity contribution < 1.29 is 22.3 Å². The molecule has 36 heavy (non-hydrogen) atoms. The lowest BCUT2D eigenvalue weighted by atomic mass is 9.77. The van der Waals surface area contributed by atoms with Gasteiger partial charge in [0.05, 0.1) is 6.61 Å². The van der Waals surface area contributed by atoms with Crippen LogP contribution < -0.4 is 4.74 Å². The normalized spacial score (nSPS) is 17.8. The Morgan fingerprint density at radius 1 is 0.722 bits per heavy atom. The predicted octanol–water partition coefficient (Wildman–Crippen LogP) is 9.17. The third kappa shape index (κ3) is 5.77. The maximum Gasteiger partial charge on any atom is 0.200 e. The molecular weight excluding hydrogens is 464 g/mol. The van der Waals surface area contributed by atoms with Crippen molar-refractivity contribution in [2.75, 3.05) is 6.61 Å². The van der Waals surface area contributed by atoms with Gasteiger partial charge < -0.3 is 4.74 Å². The lowest BCUT2D eigenvalue weighted by Gasteiger charge is -2.29. The number of rotatable bonds is 9. The van der Waals surface area contributed by atoms with Gasteiger partial charge >= 0.3 is 0 Å². The maximum absolute atomic E-state index is 15.1. The minimum atomic E-state index is -0.973. The zero-order valence-corrected chi connectivity index (χ0v) is 21.1. The molecule has 1 fully saturated rings. The molecule has 0 bridgehead atoms. The fourth-order valence-electron chi connectivity index (χ4n) is 5.43. The summed E-state index contributed by atoms with van der Waals surface area (Å²) >= 11 is 0. The fourth-order valence-corrected chi connectivity index (χ4v) is 5.43. The van der Waals surface area contributed by atoms with Crippen molar-refractivity contribution in [1.82, 2.24) is 0 Å². The first-order valence-electron chi connectivity index (χ1n) is 13.1. The predicted molar refractivity (Wildman–Crippen MR) is 136 cm³/mol. The second kappa shape index (κ2) is 11.9. The highest BCUT2D eigenvalue weighted by Gasteiger charge is 2.26. The summed E-state index contributed by atoms with van der Waals surface area (Å²) in [6, 6.07) is 13.5.